The van der Waals surface area contributed by atoms with E-state index in [0.717, 1.165) is 6.29 Å². The third kappa shape index (κ3) is 5.74. The summed E-state index contributed by atoms with van der Waals surface area (Å²) >= 11 is 5.93. The number of allylic oxidation sites excluding steroid dienone is 1. The lowest BCUT2D eigenvalue weighted by atomic mass is 9.72. The maximum absolute atomic E-state index is 12.8. The third-order valence-electron chi connectivity index (χ3n) is 4.59. The van der Waals surface area contributed by atoms with E-state index in [1.165, 1.54) is 13.8 Å². The van der Waals surface area contributed by atoms with Gasteiger partial charge in [-0.1, -0.05) is 12.8 Å². The highest BCUT2D eigenvalue weighted by molar-refractivity contribution is 14.1. The Balaban J connectivity index is 3.74. The zero-order valence-electron chi connectivity index (χ0n) is 16.9. The first-order valence-corrected chi connectivity index (χ1v) is 12.6. The van der Waals surface area contributed by atoms with E-state index >= 15 is 0 Å². The minimum absolute atomic E-state index is 0.207. The number of carbonyl (C=O) groups excluding carboxylic acids is 3. The average molecular weight is 758 g/mol. The Labute approximate surface area is 216 Å². The van der Waals surface area contributed by atoms with Crippen molar-refractivity contribution in [1.82, 2.24) is 10.6 Å². The number of carboxylic acid groups (broad SMARTS) is 1. The molecule has 11 heteroatoms. The largest absolute Gasteiger partial charge is 0.480 e. The second-order valence-electron chi connectivity index (χ2n) is 6.75. The molecule has 0 bridgehead atoms. The second-order valence-corrected chi connectivity index (χ2v) is 10.4. The van der Waals surface area contributed by atoms with Crippen LogP contribution < -0.4 is 10.6 Å². The van der Waals surface area contributed by atoms with Gasteiger partial charge >= 0.3 is 5.97 Å². The molecule has 0 saturated heterocycles. The summed E-state index contributed by atoms with van der Waals surface area (Å²) in [4.78, 5) is 47.3. The van der Waals surface area contributed by atoms with Crippen LogP contribution in [0.1, 0.15) is 52.9 Å². The number of nitrogens with one attached hydrogen (secondary N) is 2. The number of alkyl halides is 1. The molecule has 1 aliphatic carbocycles. The minimum Gasteiger partial charge on any atom is -0.480 e. The number of halogens is 3. The quantitative estimate of drug-likeness (QED) is 0.127. The number of hydrogen-bond acceptors (Lipinski definition) is 5. The molecule has 2 atom stereocenters. The lowest BCUT2D eigenvalue weighted by Gasteiger charge is -2.48. The first-order valence-electron chi connectivity index (χ1n) is 9.35. The molecule has 3 N–H and O–H groups in total. The number of aliphatic carboxylic acids is 1. The van der Waals surface area contributed by atoms with Gasteiger partial charge < -0.3 is 25.3 Å². The standard InChI is InChI=1S/C19H25I3N2O6/c1-4-30-19(22)16(24-12(3)27)13(20)14(23-11(2)26)15(21)18(19,17(28)29)9-7-5-6-8-10-25/h10H,4-9H2,1-3H3,(H,23,26)(H,24,27)(H,28,29). The van der Waals surface area contributed by atoms with E-state index in [4.69, 9.17) is 4.74 Å². The van der Waals surface area contributed by atoms with Crippen molar-refractivity contribution in [1.29, 1.82) is 0 Å². The smallest absolute Gasteiger partial charge is 0.318 e. The monoisotopic (exact) mass is 758 g/mol. The van der Waals surface area contributed by atoms with E-state index in [9.17, 15) is 24.3 Å². The number of ether oxygens (including phenoxy) is 1. The van der Waals surface area contributed by atoms with E-state index in [-0.39, 0.29) is 24.8 Å². The average Bonchev–Trinajstić information content (AvgIpc) is 2.64. The van der Waals surface area contributed by atoms with Gasteiger partial charge in [0.15, 0.2) is 3.61 Å². The van der Waals surface area contributed by atoms with Crippen LogP contribution in [0.15, 0.2) is 18.6 Å². The van der Waals surface area contributed by atoms with Crippen LogP contribution in [0.25, 0.3) is 0 Å². The van der Waals surface area contributed by atoms with Gasteiger partial charge in [0.1, 0.15) is 11.7 Å². The molecule has 30 heavy (non-hydrogen) atoms. The molecule has 1 aliphatic rings. The van der Waals surface area contributed by atoms with Crippen LogP contribution in [-0.2, 0) is 23.9 Å². The van der Waals surface area contributed by atoms with Crippen molar-refractivity contribution in [3.8, 4) is 0 Å². The molecule has 0 radical (unpaired) electrons. The van der Waals surface area contributed by atoms with Gasteiger partial charge in [-0.25, -0.2) is 0 Å². The van der Waals surface area contributed by atoms with Gasteiger partial charge in [0.2, 0.25) is 11.8 Å². The van der Waals surface area contributed by atoms with Crippen molar-refractivity contribution in [2.45, 2.75) is 56.5 Å². The Bertz CT molecular complexity index is 782. The fraction of sp³-hybridized carbons (Fsp3) is 0.579. The summed E-state index contributed by atoms with van der Waals surface area (Å²) in [5.41, 5.74) is -0.887. The Hall–Kier alpha value is -0.290. The molecule has 0 spiro atoms. The van der Waals surface area contributed by atoms with E-state index in [2.05, 4.69) is 10.6 Å². The molecule has 0 fully saturated rings. The summed E-state index contributed by atoms with van der Waals surface area (Å²) in [6.07, 6.45) is 3.32. The summed E-state index contributed by atoms with van der Waals surface area (Å²) in [6.45, 7) is 4.66. The molecular formula is C19H25I3N2O6. The maximum Gasteiger partial charge on any atom is 0.318 e. The Morgan fingerprint density at radius 2 is 1.70 bits per heavy atom. The van der Waals surface area contributed by atoms with Gasteiger partial charge in [-0.15, -0.1) is 0 Å². The Kier molecular flexibility index (Phi) is 11.2. The zero-order chi connectivity index (χ0) is 23.1. The molecule has 0 heterocycles. The van der Waals surface area contributed by atoms with Crippen LogP contribution >= 0.6 is 67.8 Å². The van der Waals surface area contributed by atoms with E-state index in [1.807, 2.05) is 67.8 Å². The number of aldehydes is 1. The van der Waals surface area contributed by atoms with Gasteiger partial charge in [-0.2, -0.15) is 0 Å². The summed E-state index contributed by atoms with van der Waals surface area (Å²) in [6, 6.07) is 0. The van der Waals surface area contributed by atoms with Crippen molar-refractivity contribution in [3.05, 3.63) is 18.6 Å². The minimum atomic E-state index is -1.55. The van der Waals surface area contributed by atoms with Crippen LogP contribution in [0.5, 0.6) is 0 Å². The molecule has 0 saturated carbocycles. The number of carbonyl (C=O) groups is 4. The van der Waals surface area contributed by atoms with Crippen LogP contribution in [-0.4, -0.2) is 39.4 Å². The fourth-order valence-electron chi connectivity index (χ4n) is 3.33. The Morgan fingerprint density at radius 1 is 1.10 bits per heavy atom. The van der Waals surface area contributed by atoms with Crippen molar-refractivity contribution in [2.75, 3.05) is 6.61 Å². The highest BCUT2D eigenvalue weighted by Crippen LogP contribution is 2.60. The lowest BCUT2D eigenvalue weighted by molar-refractivity contribution is -0.156. The normalized spacial score (nSPS) is 23.9. The first-order chi connectivity index (χ1) is 14.0. The van der Waals surface area contributed by atoms with Crippen LogP contribution in [0.4, 0.5) is 0 Å². The fourth-order valence-corrected chi connectivity index (χ4v) is 8.56. The van der Waals surface area contributed by atoms with Crippen molar-refractivity contribution in [2.24, 2.45) is 5.41 Å². The van der Waals surface area contributed by atoms with Gasteiger partial charge in [0, 0.05) is 30.5 Å². The number of carboxylic acids is 1. The second kappa shape index (κ2) is 12.1. The topological polar surface area (TPSA) is 122 Å². The summed E-state index contributed by atoms with van der Waals surface area (Å²) in [5.74, 6) is -1.83. The molecule has 0 aromatic carbocycles. The highest BCUT2D eigenvalue weighted by atomic mass is 127. The van der Waals surface area contributed by atoms with Crippen LogP contribution in [0, 0.1) is 5.41 Å². The van der Waals surface area contributed by atoms with Gasteiger partial charge in [-0.05, 0) is 87.5 Å². The number of hydrogen-bond donors (Lipinski definition) is 3. The van der Waals surface area contributed by atoms with Crippen molar-refractivity contribution in [3.63, 3.8) is 0 Å². The molecule has 0 aromatic rings. The number of rotatable bonds is 11. The molecule has 2 unspecified atom stereocenters. The zero-order valence-corrected chi connectivity index (χ0v) is 23.4. The number of amides is 2. The summed E-state index contributed by atoms with van der Waals surface area (Å²) in [7, 11) is 0. The van der Waals surface area contributed by atoms with E-state index in [0.29, 0.717) is 44.2 Å². The third-order valence-corrected chi connectivity index (χ3v) is 8.90. The molecule has 8 nitrogen and oxygen atoms in total. The summed E-state index contributed by atoms with van der Waals surface area (Å²) < 4.78 is 5.59. The molecule has 168 valence electrons. The highest BCUT2D eigenvalue weighted by Gasteiger charge is 2.64. The van der Waals surface area contributed by atoms with Gasteiger partial charge in [0.25, 0.3) is 0 Å². The lowest BCUT2D eigenvalue weighted by Crippen LogP contribution is -2.58. The first kappa shape index (κ1) is 27.7. The molecular weight excluding hydrogens is 733 g/mol. The van der Waals surface area contributed by atoms with E-state index in [1.54, 1.807) is 6.92 Å². The Morgan fingerprint density at radius 3 is 2.17 bits per heavy atom. The van der Waals surface area contributed by atoms with Crippen molar-refractivity contribution < 1.29 is 29.0 Å². The van der Waals surface area contributed by atoms with Crippen LogP contribution in [0.2, 0.25) is 0 Å². The van der Waals surface area contributed by atoms with Crippen molar-refractivity contribution >= 4 is 91.8 Å². The van der Waals surface area contributed by atoms with Gasteiger partial charge in [-0.3, -0.25) is 14.4 Å². The molecule has 0 aromatic heterocycles. The molecule has 0 aliphatic heterocycles. The summed E-state index contributed by atoms with van der Waals surface area (Å²) in [5, 5.41) is 16.0. The predicted octanol–water partition coefficient (Wildman–Crippen LogP) is 3.95. The maximum atomic E-state index is 12.8. The van der Waals surface area contributed by atoms with Crippen LogP contribution in [0.3, 0.4) is 0 Å². The van der Waals surface area contributed by atoms with E-state index < -0.39 is 15.0 Å². The number of unbranched alkanes of at least 4 members (excludes halogenated alkanes) is 3. The SMILES string of the molecule is CCOC1(I)C(NC(C)=O)=C(I)C(NC(C)=O)=C(I)C1(CCCCCC=O)C(=O)O. The van der Waals surface area contributed by atoms with Gasteiger partial charge in [0.05, 0.1) is 15.0 Å². The predicted molar refractivity (Wildman–Crippen MR) is 137 cm³/mol. The molecule has 2 amide bonds. The molecule has 1 rings (SSSR count).